The maximum atomic E-state index is 13.2. The first-order valence-corrected chi connectivity index (χ1v) is 8.76. The van der Waals surface area contributed by atoms with Gasteiger partial charge in [-0.15, -0.1) is 11.3 Å². The monoisotopic (exact) mass is 335 g/mol. The van der Waals surface area contributed by atoms with E-state index in [2.05, 4.69) is 23.0 Å². The SMILES string of the molecule is Cc1nc(-c2cccnc2)sc1C(=O)N1c2ccccc2CC1C. The second-order valence-corrected chi connectivity index (χ2v) is 7.03. The Morgan fingerprint density at radius 1 is 1.25 bits per heavy atom. The van der Waals surface area contributed by atoms with Crippen molar-refractivity contribution in [2.24, 2.45) is 0 Å². The zero-order chi connectivity index (χ0) is 16.7. The van der Waals surface area contributed by atoms with Crippen LogP contribution in [0.25, 0.3) is 10.6 Å². The van der Waals surface area contributed by atoms with Crippen LogP contribution in [0.1, 0.15) is 27.9 Å². The Morgan fingerprint density at radius 3 is 2.88 bits per heavy atom. The van der Waals surface area contributed by atoms with Gasteiger partial charge in [0.05, 0.1) is 5.69 Å². The predicted octanol–water partition coefficient (Wildman–Crippen LogP) is 4.10. The molecule has 0 N–H and O–H groups in total. The minimum Gasteiger partial charge on any atom is -0.304 e. The van der Waals surface area contributed by atoms with E-state index in [0.717, 1.165) is 28.4 Å². The van der Waals surface area contributed by atoms with Crippen LogP contribution in [0.4, 0.5) is 5.69 Å². The van der Waals surface area contributed by atoms with Crippen molar-refractivity contribution in [2.45, 2.75) is 26.3 Å². The number of amides is 1. The molecule has 120 valence electrons. The summed E-state index contributed by atoms with van der Waals surface area (Å²) in [4.78, 5) is 24.5. The van der Waals surface area contributed by atoms with Crippen molar-refractivity contribution in [3.05, 3.63) is 64.9 Å². The Labute approximate surface area is 144 Å². The first kappa shape index (κ1) is 15.0. The third-order valence-electron chi connectivity index (χ3n) is 4.33. The fraction of sp³-hybridized carbons (Fsp3) is 0.211. The summed E-state index contributed by atoms with van der Waals surface area (Å²) in [6.07, 6.45) is 4.41. The number of thiazole rings is 1. The Bertz CT molecular complexity index is 904. The third kappa shape index (κ3) is 2.41. The van der Waals surface area contributed by atoms with Crippen LogP contribution in [0.15, 0.2) is 48.8 Å². The molecule has 0 fully saturated rings. The molecule has 4 nitrogen and oxygen atoms in total. The van der Waals surface area contributed by atoms with Crippen molar-refractivity contribution in [1.29, 1.82) is 0 Å². The van der Waals surface area contributed by atoms with Crippen LogP contribution >= 0.6 is 11.3 Å². The summed E-state index contributed by atoms with van der Waals surface area (Å²) < 4.78 is 0. The summed E-state index contributed by atoms with van der Waals surface area (Å²) >= 11 is 1.44. The number of aromatic nitrogens is 2. The summed E-state index contributed by atoms with van der Waals surface area (Å²) in [5.41, 5.74) is 3.97. The zero-order valence-electron chi connectivity index (χ0n) is 13.6. The van der Waals surface area contributed by atoms with Gasteiger partial charge in [0.1, 0.15) is 9.88 Å². The molecule has 5 heteroatoms. The van der Waals surface area contributed by atoms with Crippen LogP contribution in [0.3, 0.4) is 0 Å². The predicted molar refractivity (Wildman–Crippen MR) is 96.5 cm³/mol. The van der Waals surface area contributed by atoms with Crippen molar-refractivity contribution < 1.29 is 4.79 Å². The molecule has 1 aromatic carbocycles. The minimum atomic E-state index is 0.0394. The number of benzene rings is 1. The molecule has 0 aliphatic carbocycles. The minimum absolute atomic E-state index is 0.0394. The topological polar surface area (TPSA) is 46.1 Å². The summed E-state index contributed by atoms with van der Waals surface area (Å²) in [5, 5.41) is 0.837. The first-order valence-electron chi connectivity index (χ1n) is 7.94. The molecule has 2 aromatic heterocycles. The number of rotatable bonds is 2. The van der Waals surface area contributed by atoms with Crippen LogP contribution < -0.4 is 4.90 Å². The number of para-hydroxylation sites is 1. The van der Waals surface area contributed by atoms with Gasteiger partial charge in [-0.3, -0.25) is 9.78 Å². The molecule has 0 spiro atoms. The third-order valence-corrected chi connectivity index (χ3v) is 5.52. The maximum Gasteiger partial charge on any atom is 0.270 e. The highest BCUT2D eigenvalue weighted by atomic mass is 32.1. The molecule has 1 aliphatic heterocycles. The molecule has 1 amide bonds. The average Bonchev–Trinajstić information content (AvgIpc) is 3.14. The molecule has 0 bridgehead atoms. The summed E-state index contributed by atoms with van der Waals surface area (Å²) in [5.74, 6) is 0.0394. The van der Waals surface area contributed by atoms with Crippen molar-refractivity contribution in [3.63, 3.8) is 0 Å². The molecular weight excluding hydrogens is 318 g/mol. The van der Waals surface area contributed by atoms with Gasteiger partial charge in [-0.05, 0) is 44.0 Å². The van der Waals surface area contributed by atoms with E-state index >= 15 is 0 Å². The van der Waals surface area contributed by atoms with Crippen LogP contribution in [0, 0.1) is 6.92 Å². The van der Waals surface area contributed by atoms with E-state index in [9.17, 15) is 4.79 Å². The number of pyridine rings is 1. The molecule has 1 atom stereocenters. The second kappa shape index (κ2) is 5.83. The molecule has 4 rings (SSSR count). The number of anilines is 1. The van der Waals surface area contributed by atoms with Crippen LogP contribution in [0.2, 0.25) is 0 Å². The molecule has 0 saturated carbocycles. The summed E-state index contributed by atoms with van der Waals surface area (Å²) in [6.45, 7) is 3.99. The lowest BCUT2D eigenvalue weighted by molar-refractivity contribution is 0.0984. The summed E-state index contributed by atoms with van der Waals surface area (Å²) in [6, 6.07) is 12.1. The van der Waals surface area contributed by atoms with Crippen LogP contribution in [-0.4, -0.2) is 21.9 Å². The van der Waals surface area contributed by atoms with E-state index in [-0.39, 0.29) is 11.9 Å². The van der Waals surface area contributed by atoms with Gasteiger partial charge in [-0.2, -0.15) is 0 Å². The standard InChI is InChI=1S/C19H17N3OS/c1-12-10-14-6-3-4-8-16(14)22(12)19(23)17-13(2)21-18(24-17)15-7-5-9-20-11-15/h3-9,11-12H,10H2,1-2H3. The van der Waals surface area contributed by atoms with Crippen molar-refractivity contribution in [3.8, 4) is 10.6 Å². The van der Waals surface area contributed by atoms with Gasteiger partial charge in [0, 0.05) is 29.7 Å². The molecule has 24 heavy (non-hydrogen) atoms. The normalized spacial score (nSPS) is 16.2. The number of fused-ring (bicyclic) bond motifs is 1. The number of hydrogen-bond acceptors (Lipinski definition) is 4. The fourth-order valence-electron chi connectivity index (χ4n) is 3.19. The van der Waals surface area contributed by atoms with Gasteiger partial charge < -0.3 is 4.90 Å². The van der Waals surface area contributed by atoms with Crippen molar-refractivity contribution >= 4 is 22.9 Å². The van der Waals surface area contributed by atoms with Gasteiger partial charge in [-0.25, -0.2) is 4.98 Å². The van der Waals surface area contributed by atoms with Gasteiger partial charge in [-0.1, -0.05) is 18.2 Å². The highest BCUT2D eigenvalue weighted by molar-refractivity contribution is 7.17. The highest BCUT2D eigenvalue weighted by Gasteiger charge is 2.33. The number of nitrogens with zero attached hydrogens (tertiary/aromatic N) is 3. The average molecular weight is 335 g/mol. The molecule has 0 radical (unpaired) electrons. The van der Waals surface area contributed by atoms with E-state index in [0.29, 0.717) is 4.88 Å². The van der Waals surface area contributed by atoms with Gasteiger partial charge in [0.15, 0.2) is 0 Å². The van der Waals surface area contributed by atoms with Crippen LogP contribution in [0.5, 0.6) is 0 Å². The van der Waals surface area contributed by atoms with E-state index in [1.807, 2.05) is 42.2 Å². The van der Waals surface area contributed by atoms with E-state index in [1.54, 1.807) is 12.4 Å². The molecular formula is C19H17N3OS. The Morgan fingerprint density at radius 2 is 2.08 bits per heavy atom. The Hall–Kier alpha value is -2.53. The first-order chi connectivity index (χ1) is 11.6. The Balaban J connectivity index is 1.72. The zero-order valence-corrected chi connectivity index (χ0v) is 14.4. The van der Waals surface area contributed by atoms with Gasteiger partial charge in [0.25, 0.3) is 5.91 Å². The lowest BCUT2D eigenvalue weighted by atomic mass is 10.1. The van der Waals surface area contributed by atoms with E-state index in [4.69, 9.17) is 0 Å². The lowest BCUT2D eigenvalue weighted by Gasteiger charge is -2.22. The molecule has 3 aromatic rings. The molecule has 1 unspecified atom stereocenters. The molecule has 0 saturated heterocycles. The van der Waals surface area contributed by atoms with Gasteiger partial charge >= 0.3 is 0 Å². The Kier molecular flexibility index (Phi) is 3.65. The maximum absolute atomic E-state index is 13.2. The molecule has 1 aliphatic rings. The number of carbonyl (C=O) groups is 1. The number of aryl methyl sites for hydroxylation is 1. The fourth-order valence-corrected chi connectivity index (χ4v) is 4.19. The van der Waals surface area contributed by atoms with E-state index in [1.165, 1.54) is 16.9 Å². The number of hydrogen-bond donors (Lipinski definition) is 0. The smallest absolute Gasteiger partial charge is 0.270 e. The van der Waals surface area contributed by atoms with Crippen molar-refractivity contribution in [1.82, 2.24) is 9.97 Å². The lowest BCUT2D eigenvalue weighted by Crippen LogP contribution is -2.35. The highest BCUT2D eigenvalue weighted by Crippen LogP contribution is 2.35. The largest absolute Gasteiger partial charge is 0.304 e. The van der Waals surface area contributed by atoms with E-state index < -0.39 is 0 Å². The molecule has 3 heterocycles. The van der Waals surface area contributed by atoms with Crippen LogP contribution in [-0.2, 0) is 6.42 Å². The van der Waals surface area contributed by atoms with Gasteiger partial charge in [0.2, 0.25) is 0 Å². The van der Waals surface area contributed by atoms with Crippen molar-refractivity contribution in [2.75, 3.05) is 4.90 Å². The number of carbonyl (C=O) groups excluding carboxylic acids is 1. The second-order valence-electron chi connectivity index (χ2n) is 6.03. The quantitative estimate of drug-likeness (QED) is 0.708. The summed E-state index contributed by atoms with van der Waals surface area (Å²) in [7, 11) is 0.